The predicted molar refractivity (Wildman–Crippen MR) is 75.3 cm³/mol. The van der Waals surface area contributed by atoms with Gasteiger partial charge in [-0.15, -0.1) is 0 Å². The molecule has 0 heterocycles. The number of nitrogens with one attached hydrogen (secondary N) is 1. The van der Waals surface area contributed by atoms with Crippen molar-refractivity contribution in [2.24, 2.45) is 0 Å². The number of likely N-dealkylation sites (N-methyl/N-ethyl adjacent to an activating group) is 1. The van der Waals surface area contributed by atoms with Gasteiger partial charge < -0.3 is 14.8 Å². The van der Waals surface area contributed by atoms with E-state index in [2.05, 4.69) is 5.32 Å². The number of esters is 1. The first-order chi connectivity index (χ1) is 9.58. The van der Waals surface area contributed by atoms with Crippen molar-refractivity contribution >= 4 is 5.97 Å². The van der Waals surface area contributed by atoms with E-state index >= 15 is 0 Å². The Morgan fingerprint density at radius 3 is 2.80 bits per heavy atom. The van der Waals surface area contributed by atoms with Gasteiger partial charge in [-0.05, 0) is 32.0 Å². The Bertz CT molecular complexity index is 437. The molecule has 1 N–H and O–H groups in total. The van der Waals surface area contributed by atoms with Crippen LogP contribution in [-0.4, -0.2) is 31.8 Å². The maximum atomic E-state index is 13.1. The lowest BCUT2D eigenvalue weighted by atomic mass is 10.2. The normalized spacial score (nSPS) is 12.0. The Balaban J connectivity index is 2.51. The third-order valence-corrected chi connectivity index (χ3v) is 2.84. The fraction of sp³-hybridized carbons (Fsp3) is 0.533. The Hall–Kier alpha value is -1.62. The molecule has 1 aromatic carbocycles. The topological polar surface area (TPSA) is 47.6 Å². The van der Waals surface area contributed by atoms with E-state index in [1.165, 1.54) is 12.1 Å². The number of hydrogen-bond donors (Lipinski definition) is 1. The Morgan fingerprint density at radius 2 is 2.15 bits per heavy atom. The summed E-state index contributed by atoms with van der Waals surface area (Å²) in [5.74, 6) is -0.114. The fourth-order valence-electron chi connectivity index (χ4n) is 1.81. The number of benzene rings is 1. The predicted octanol–water partition coefficient (Wildman–Crippen LogP) is 2.44. The lowest BCUT2D eigenvalue weighted by Crippen LogP contribution is -2.39. The first kappa shape index (κ1) is 16.4. The van der Waals surface area contributed by atoms with E-state index in [9.17, 15) is 9.18 Å². The van der Waals surface area contributed by atoms with Gasteiger partial charge in [0.1, 0.15) is 17.6 Å². The van der Waals surface area contributed by atoms with Gasteiger partial charge in [0.2, 0.25) is 0 Å². The maximum absolute atomic E-state index is 13.1. The van der Waals surface area contributed by atoms with E-state index in [4.69, 9.17) is 9.47 Å². The van der Waals surface area contributed by atoms with Gasteiger partial charge in [-0.2, -0.15) is 0 Å². The Labute approximate surface area is 119 Å². The van der Waals surface area contributed by atoms with Crippen molar-refractivity contribution in [1.82, 2.24) is 5.32 Å². The van der Waals surface area contributed by atoms with E-state index in [1.807, 2.05) is 13.8 Å². The van der Waals surface area contributed by atoms with Gasteiger partial charge in [-0.25, -0.2) is 4.39 Å². The fourth-order valence-corrected chi connectivity index (χ4v) is 1.81. The van der Waals surface area contributed by atoms with E-state index < -0.39 is 6.04 Å². The second-order valence-corrected chi connectivity index (χ2v) is 4.41. The second kappa shape index (κ2) is 8.53. The smallest absolute Gasteiger partial charge is 0.323 e. The summed E-state index contributed by atoms with van der Waals surface area (Å²) in [5, 5.41) is 3.05. The first-order valence-corrected chi connectivity index (χ1v) is 6.87. The zero-order valence-corrected chi connectivity index (χ0v) is 12.2. The summed E-state index contributed by atoms with van der Waals surface area (Å²) in [6, 6.07) is 4.01. The highest BCUT2D eigenvalue weighted by Crippen LogP contribution is 2.19. The van der Waals surface area contributed by atoms with E-state index in [0.717, 1.165) is 5.56 Å². The van der Waals surface area contributed by atoms with Crippen molar-refractivity contribution in [3.05, 3.63) is 29.6 Å². The molecule has 1 rings (SSSR count). The molecule has 4 nitrogen and oxygen atoms in total. The van der Waals surface area contributed by atoms with Gasteiger partial charge in [0.15, 0.2) is 0 Å². The molecule has 5 heteroatoms. The zero-order valence-electron chi connectivity index (χ0n) is 12.2. The van der Waals surface area contributed by atoms with Crippen molar-refractivity contribution in [2.45, 2.75) is 33.2 Å². The molecule has 0 amide bonds. The van der Waals surface area contributed by atoms with Crippen LogP contribution in [0.15, 0.2) is 18.2 Å². The average molecular weight is 283 g/mol. The monoisotopic (exact) mass is 283 g/mol. The largest absolute Gasteiger partial charge is 0.493 e. The van der Waals surface area contributed by atoms with Crippen molar-refractivity contribution in [3.63, 3.8) is 0 Å². The third kappa shape index (κ3) is 5.17. The number of carbonyl (C=O) groups is 1. The highest BCUT2D eigenvalue weighted by atomic mass is 19.1. The SMILES string of the molecule is CCNC(CCOc1cc(F)ccc1C)C(=O)OCC. The summed E-state index contributed by atoms with van der Waals surface area (Å²) in [4.78, 5) is 11.7. The van der Waals surface area contributed by atoms with Crippen LogP contribution in [0.5, 0.6) is 5.75 Å². The molecular weight excluding hydrogens is 261 g/mol. The lowest BCUT2D eigenvalue weighted by molar-refractivity contribution is -0.146. The van der Waals surface area contributed by atoms with Gasteiger partial charge in [0, 0.05) is 12.5 Å². The van der Waals surface area contributed by atoms with Crippen molar-refractivity contribution < 1.29 is 18.7 Å². The molecule has 112 valence electrons. The first-order valence-electron chi connectivity index (χ1n) is 6.87. The highest BCUT2D eigenvalue weighted by Gasteiger charge is 2.18. The van der Waals surface area contributed by atoms with Crippen LogP contribution in [0, 0.1) is 12.7 Å². The quantitative estimate of drug-likeness (QED) is 0.744. The molecule has 0 aliphatic carbocycles. The number of hydrogen-bond acceptors (Lipinski definition) is 4. The van der Waals surface area contributed by atoms with E-state index in [1.54, 1.807) is 13.0 Å². The summed E-state index contributed by atoms with van der Waals surface area (Å²) in [6.45, 7) is 6.88. The minimum Gasteiger partial charge on any atom is -0.493 e. The molecule has 1 unspecified atom stereocenters. The van der Waals surface area contributed by atoms with Crippen LogP contribution in [0.4, 0.5) is 4.39 Å². The molecule has 0 aromatic heterocycles. The molecule has 0 radical (unpaired) electrons. The van der Waals surface area contributed by atoms with Crippen LogP contribution >= 0.6 is 0 Å². The van der Waals surface area contributed by atoms with Crippen LogP contribution in [0.1, 0.15) is 25.8 Å². The van der Waals surface area contributed by atoms with E-state index in [0.29, 0.717) is 31.9 Å². The standard InChI is InChI=1S/C15H22FNO3/c1-4-17-13(15(18)19-5-2)8-9-20-14-10-12(16)7-6-11(14)3/h6-7,10,13,17H,4-5,8-9H2,1-3H3. The van der Waals surface area contributed by atoms with Crippen LogP contribution in [0.2, 0.25) is 0 Å². The van der Waals surface area contributed by atoms with Gasteiger partial charge in [0.25, 0.3) is 0 Å². The molecule has 0 saturated heterocycles. The van der Waals surface area contributed by atoms with Crippen molar-refractivity contribution in [1.29, 1.82) is 0 Å². The molecule has 20 heavy (non-hydrogen) atoms. The number of ether oxygens (including phenoxy) is 2. The van der Waals surface area contributed by atoms with Crippen LogP contribution in [0.3, 0.4) is 0 Å². The number of aryl methyl sites for hydroxylation is 1. The summed E-state index contributed by atoms with van der Waals surface area (Å²) >= 11 is 0. The van der Waals surface area contributed by atoms with Gasteiger partial charge in [0.05, 0.1) is 13.2 Å². The Morgan fingerprint density at radius 1 is 1.40 bits per heavy atom. The molecule has 1 aromatic rings. The lowest BCUT2D eigenvalue weighted by Gasteiger charge is -2.17. The third-order valence-electron chi connectivity index (χ3n) is 2.84. The molecule has 1 atom stereocenters. The number of rotatable bonds is 8. The molecule has 0 saturated carbocycles. The highest BCUT2D eigenvalue weighted by molar-refractivity contribution is 5.75. The Kier molecular flexibility index (Phi) is 7.01. The molecule has 0 bridgehead atoms. The van der Waals surface area contributed by atoms with Crippen molar-refractivity contribution in [3.8, 4) is 5.75 Å². The van der Waals surface area contributed by atoms with E-state index in [-0.39, 0.29) is 11.8 Å². The van der Waals surface area contributed by atoms with Crippen LogP contribution in [0.25, 0.3) is 0 Å². The van der Waals surface area contributed by atoms with Gasteiger partial charge in [-0.1, -0.05) is 13.0 Å². The number of halogens is 1. The molecule has 0 fully saturated rings. The number of carbonyl (C=O) groups excluding carboxylic acids is 1. The molecule has 0 spiro atoms. The summed E-state index contributed by atoms with van der Waals surface area (Å²) in [7, 11) is 0. The molecule has 0 aliphatic rings. The summed E-state index contributed by atoms with van der Waals surface area (Å²) in [5.41, 5.74) is 0.863. The van der Waals surface area contributed by atoms with Crippen LogP contribution < -0.4 is 10.1 Å². The second-order valence-electron chi connectivity index (χ2n) is 4.41. The summed E-state index contributed by atoms with van der Waals surface area (Å²) < 4.78 is 23.6. The minimum atomic E-state index is -0.395. The maximum Gasteiger partial charge on any atom is 0.323 e. The minimum absolute atomic E-state index is 0.283. The van der Waals surface area contributed by atoms with Crippen molar-refractivity contribution in [2.75, 3.05) is 19.8 Å². The molecule has 0 aliphatic heterocycles. The average Bonchev–Trinajstić information content (AvgIpc) is 2.42. The van der Waals surface area contributed by atoms with Gasteiger partial charge in [-0.3, -0.25) is 4.79 Å². The van der Waals surface area contributed by atoms with Crippen LogP contribution in [-0.2, 0) is 9.53 Å². The molecular formula is C15H22FNO3. The van der Waals surface area contributed by atoms with Gasteiger partial charge >= 0.3 is 5.97 Å². The zero-order chi connectivity index (χ0) is 15.0. The summed E-state index contributed by atoms with van der Waals surface area (Å²) in [6.07, 6.45) is 0.475.